The van der Waals surface area contributed by atoms with Gasteiger partial charge in [-0.3, -0.25) is 0 Å². The molecule has 0 saturated carbocycles. The van der Waals surface area contributed by atoms with E-state index in [1.807, 2.05) is 6.92 Å². The van der Waals surface area contributed by atoms with Crippen LogP contribution in [0.4, 0.5) is 4.39 Å². The zero-order chi connectivity index (χ0) is 17.1. The third kappa shape index (κ3) is 2.95. The summed E-state index contributed by atoms with van der Waals surface area (Å²) < 4.78 is 30.2. The maximum Gasteiger partial charge on any atom is 0.337 e. The normalized spacial score (nSPS) is 10.8. The highest BCUT2D eigenvalue weighted by Gasteiger charge is 2.17. The van der Waals surface area contributed by atoms with E-state index in [1.165, 1.54) is 13.2 Å². The van der Waals surface area contributed by atoms with E-state index in [0.29, 0.717) is 23.3 Å². The Kier molecular flexibility index (Phi) is 4.46. The predicted molar refractivity (Wildman–Crippen MR) is 86.5 cm³/mol. The number of hydrogen-bond acceptors (Lipinski definition) is 5. The second kappa shape index (κ2) is 6.70. The third-order valence-corrected chi connectivity index (χ3v) is 3.46. The van der Waals surface area contributed by atoms with Crippen molar-refractivity contribution in [2.24, 2.45) is 0 Å². The van der Waals surface area contributed by atoms with Gasteiger partial charge in [0.25, 0.3) is 0 Å². The fraction of sp³-hybridized carbons (Fsp3) is 0.222. The number of benzene rings is 2. The standard InChI is InChI=1S/C18H16FNO4/c1-3-9-23-14-6-4-5-12(16(14)19)17-20-13-8-7-11(18(21)22-2)10-15(13)24-17/h4-8,10H,3,9H2,1-2H3. The molecule has 0 radical (unpaired) electrons. The average molecular weight is 329 g/mol. The van der Waals surface area contributed by atoms with Gasteiger partial charge in [-0.15, -0.1) is 0 Å². The van der Waals surface area contributed by atoms with Crippen LogP contribution in [0.2, 0.25) is 0 Å². The first kappa shape index (κ1) is 16.0. The molecule has 0 unspecified atom stereocenters. The number of aromatic nitrogens is 1. The van der Waals surface area contributed by atoms with Crippen LogP contribution >= 0.6 is 0 Å². The number of ether oxygens (including phenoxy) is 2. The van der Waals surface area contributed by atoms with Gasteiger partial charge >= 0.3 is 5.97 Å². The Balaban J connectivity index is 2.02. The quantitative estimate of drug-likeness (QED) is 0.656. The lowest BCUT2D eigenvalue weighted by atomic mass is 10.2. The van der Waals surface area contributed by atoms with Crippen molar-refractivity contribution in [3.8, 4) is 17.2 Å². The monoisotopic (exact) mass is 329 g/mol. The van der Waals surface area contributed by atoms with E-state index in [9.17, 15) is 9.18 Å². The van der Waals surface area contributed by atoms with E-state index in [4.69, 9.17) is 9.15 Å². The lowest BCUT2D eigenvalue weighted by Crippen LogP contribution is -2.00. The molecule has 3 aromatic rings. The van der Waals surface area contributed by atoms with Crippen LogP contribution in [-0.2, 0) is 4.74 Å². The maximum absolute atomic E-state index is 14.6. The van der Waals surface area contributed by atoms with Crippen molar-refractivity contribution < 1.29 is 23.1 Å². The number of methoxy groups -OCH3 is 1. The molecular formula is C18H16FNO4. The first-order valence-electron chi connectivity index (χ1n) is 7.54. The Morgan fingerprint density at radius 1 is 1.29 bits per heavy atom. The maximum atomic E-state index is 14.6. The summed E-state index contributed by atoms with van der Waals surface area (Å²) >= 11 is 0. The zero-order valence-electron chi connectivity index (χ0n) is 13.3. The van der Waals surface area contributed by atoms with Crippen LogP contribution in [0.25, 0.3) is 22.6 Å². The summed E-state index contributed by atoms with van der Waals surface area (Å²) in [6.45, 7) is 2.37. The minimum Gasteiger partial charge on any atom is -0.491 e. The molecule has 124 valence electrons. The molecule has 0 bridgehead atoms. The second-order valence-electron chi connectivity index (χ2n) is 5.16. The molecule has 5 nitrogen and oxygen atoms in total. The van der Waals surface area contributed by atoms with Crippen LogP contribution in [0, 0.1) is 5.82 Å². The molecule has 0 aliphatic heterocycles. The van der Waals surface area contributed by atoms with Crippen molar-refractivity contribution in [3.63, 3.8) is 0 Å². The predicted octanol–water partition coefficient (Wildman–Crippen LogP) is 4.21. The molecule has 0 N–H and O–H groups in total. The Hall–Kier alpha value is -2.89. The minimum absolute atomic E-state index is 0.131. The highest BCUT2D eigenvalue weighted by Crippen LogP contribution is 2.31. The SMILES string of the molecule is CCCOc1cccc(-c2nc3ccc(C(=O)OC)cc3o2)c1F. The topological polar surface area (TPSA) is 61.6 Å². The smallest absolute Gasteiger partial charge is 0.337 e. The molecule has 1 heterocycles. The van der Waals surface area contributed by atoms with Crippen molar-refractivity contribution in [3.05, 3.63) is 47.8 Å². The van der Waals surface area contributed by atoms with Gasteiger partial charge in [-0.05, 0) is 36.8 Å². The van der Waals surface area contributed by atoms with Crippen LogP contribution in [0.3, 0.4) is 0 Å². The van der Waals surface area contributed by atoms with E-state index in [-0.39, 0.29) is 17.2 Å². The first-order chi connectivity index (χ1) is 11.6. The van der Waals surface area contributed by atoms with Gasteiger partial charge in [-0.1, -0.05) is 13.0 Å². The molecule has 2 aromatic carbocycles. The lowest BCUT2D eigenvalue weighted by molar-refractivity contribution is 0.0601. The number of hydrogen-bond donors (Lipinski definition) is 0. The summed E-state index contributed by atoms with van der Waals surface area (Å²) in [5, 5.41) is 0. The van der Waals surface area contributed by atoms with Crippen molar-refractivity contribution >= 4 is 17.1 Å². The molecule has 0 aliphatic carbocycles. The summed E-state index contributed by atoms with van der Waals surface area (Å²) in [5.74, 6) is -0.708. The zero-order valence-corrected chi connectivity index (χ0v) is 13.3. The molecule has 0 spiro atoms. The molecule has 0 fully saturated rings. The lowest BCUT2D eigenvalue weighted by Gasteiger charge is -2.07. The van der Waals surface area contributed by atoms with Crippen LogP contribution < -0.4 is 4.74 Å². The van der Waals surface area contributed by atoms with Crippen LogP contribution in [0.5, 0.6) is 5.75 Å². The third-order valence-electron chi connectivity index (χ3n) is 3.46. The van der Waals surface area contributed by atoms with Gasteiger partial charge in [0.05, 0.1) is 24.8 Å². The fourth-order valence-electron chi connectivity index (χ4n) is 2.28. The number of fused-ring (bicyclic) bond motifs is 1. The summed E-state index contributed by atoms with van der Waals surface area (Å²) in [7, 11) is 1.30. The Labute approximate surface area is 138 Å². The molecule has 6 heteroatoms. The van der Waals surface area contributed by atoms with Crippen molar-refractivity contribution in [1.82, 2.24) is 4.98 Å². The van der Waals surface area contributed by atoms with Crippen molar-refractivity contribution in [2.75, 3.05) is 13.7 Å². The Bertz CT molecular complexity index is 888. The Morgan fingerprint density at radius 3 is 2.88 bits per heavy atom. The van der Waals surface area contributed by atoms with Gasteiger partial charge in [-0.2, -0.15) is 0 Å². The molecule has 1 aromatic heterocycles. The molecule has 0 aliphatic rings. The van der Waals surface area contributed by atoms with Gasteiger partial charge in [0.1, 0.15) is 5.52 Å². The minimum atomic E-state index is -0.523. The molecule has 0 saturated heterocycles. The summed E-state index contributed by atoms with van der Waals surface area (Å²) in [5.41, 5.74) is 1.46. The molecule has 24 heavy (non-hydrogen) atoms. The molecule has 0 atom stereocenters. The number of oxazole rings is 1. The fourth-order valence-corrected chi connectivity index (χ4v) is 2.28. The van der Waals surface area contributed by atoms with Gasteiger partial charge in [0.15, 0.2) is 17.1 Å². The number of halogens is 1. The van der Waals surface area contributed by atoms with Crippen LogP contribution in [0.15, 0.2) is 40.8 Å². The largest absolute Gasteiger partial charge is 0.491 e. The number of rotatable bonds is 5. The van der Waals surface area contributed by atoms with E-state index in [0.717, 1.165) is 6.42 Å². The van der Waals surface area contributed by atoms with Crippen LogP contribution in [0.1, 0.15) is 23.7 Å². The van der Waals surface area contributed by atoms with Crippen molar-refractivity contribution in [2.45, 2.75) is 13.3 Å². The summed E-state index contributed by atoms with van der Waals surface area (Å²) in [6.07, 6.45) is 0.781. The van der Waals surface area contributed by atoms with E-state index in [2.05, 4.69) is 9.72 Å². The van der Waals surface area contributed by atoms with E-state index >= 15 is 0 Å². The van der Waals surface area contributed by atoms with Gasteiger partial charge in [-0.25, -0.2) is 14.2 Å². The van der Waals surface area contributed by atoms with Crippen molar-refractivity contribution in [1.29, 1.82) is 0 Å². The molecule has 0 amide bonds. The van der Waals surface area contributed by atoms with Gasteiger partial charge in [0.2, 0.25) is 5.89 Å². The first-order valence-corrected chi connectivity index (χ1v) is 7.54. The number of carbonyl (C=O) groups is 1. The second-order valence-corrected chi connectivity index (χ2v) is 5.16. The number of nitrogens with zero attached hydrogens (tertiary/aromatic N) is 1. The number of carbonyl (C=O) groups excluding carboxylic acids is 1. The summed E-state index contributed by atoms with van der Waals surface area (Å²) in [4.78, 5) is 15.8. The van der Waals surface area contributed by atoms with E-state index < -0.39 is 11.8 Å². The molecule has 3 rings (SSSR count). The van der Waals surface area contributed by atoms with Gasteiger partial charge in [0, 0.05) is 0 Å². The molecular weight excluding hydrogens is 313 g/mol. The van der Waals surface area contributed by atoms with Crippen LogP contribution in [-0.4, -0.2) is 24.7 Å². The van der Waals surface area contributed by atoms with Gasteiger partial charge < -0.3 is 13.9 Å². The van der Waals surface area contributed by atoms with E-state index in [1.54, 1.807) is 30.3 Å². The summed E-state index contributed by atoms with van der Waals surface area (Å²) in [6, 6.07) is 9.54. The highest BCUT2D eigenvalue weighted by atomic mass is 19.1. The average Bonchev–Trinajstić information content (AvgIpc) is 3.03. The number of esters is 1. The highest BCUT2D eigenvalue weighted by molar-refractivity contribution is 5.93. The Morgan fingerprint density at radius 2 is 2.12 bits per heavy atom.